The Morgan fingerprint density at radius 3 is 2.44 bits per heavy atom. The maximum Gasteiger partial charge on any atom is 0.0406 e. The molecule has 0 fully saturated rings. The molecule has 1 unspecified atom stereocenters. The van der Waals surface area contributed by atoms with Gasteiger partial charge in [-0.25, -0.2) is 0 Å². The Morgan fingerprint density at radius 2 is 1.94 bits per heavy atom. The lowest BCUT2D eigenvalue weighted by Gasteiger charge is -2.14. The first-order valence-corrected chi connectivity index (χ1v) is 6.12. The van der Waals surface area contributed by atoms with Crippen molar-refractivity contribution in [3.8, 4) is 0 Å². The van der Waals surface area contributed by atoms with Gasteiger partial charge >= 0.3 is 0 Å². The van der Waals surface area contributed by atoms with Gasteiger partial charge in [0.1, 0.15) is 0 Å². The van der Waals surface area contributed by atoms with Crippen molar-refractivity contribution < 1.29 is 0 Å². The SMILES string of the molecule is CCNC(C=C(C)C)Cc1ccc(Cl)cc1. The Kier molecular flexibility index (Phi) is 5.58. The molecule has 1 atom stereocenters. The van der Waals surface area contributed by atoms with Crippen molar-refractivity contribution >= 4 is 11.6 Å². The summed E-state index contributed by atoms with van der Waals surface area (Å²) in [7, 11) is 0. The third-order valence-electron chi connectivity index (χ3n) is 2.37. The van der Waals surface area contributed by atoms with Crippen LogP contribution in [0.15, 0.2) is 35.9 Å². The van der Waals surface area contributed by atoms with Gasteiger partial charge in [0.05, 0.1) is 0 Å². The Bertz CT molecular complexity index is 336. The van der Waals surface area contributed by atoms with Gasteiger partial charge in [-0.3, -0.25) is 0 Å². The molecule has 1 N–H and O–H groups in total. The van der Waals surface area contributed by atoms with E-state index in [-0.39, 0.29) is 0 Å². The summed E-state index contributed by atoms with van der Waals surface area (Å²) in [5.74, 6) is 0. The zero-order valence-electron chi connectivity index (χ0n) is 10.3. The second-order valence-corrected chi connectivity index (χ2v) is 4.68. The molecule has 0 aliphatic heterocycles. The van der Waals surface area contributed by atoms with Crippen LogP contribution in [0.2, 0.25) is 5.02 Å². The molecule has 1 rings (SSSR count). The third kappa shape index (κ3) is 4.82. The van der Waals surface area contributed by atoms with Crippen LogP contribution >= 0.6 is 11.6 Å². The summed E-state index contributed by atoms with van der Waals surface area (Å²) in [5, 5.41) is 4.26. The van der Waals surface area contributed by atoms with E-state index in [1.807, 2.05) is 12.1 Å². The van der Waals surface area contributed by atoms with Crippen LogP contribution in [0.25, 0.3) is 0 Å². The molecule has 0 aliphatic rings. The molecule has 0 aromatic heterocycles. The Labute approximate surface area is 104 Å². The van der Waals surface area contributed by atoms with Gasteiger partial charge in [0, 0.05) is 11.1 Å². The number of rotatable bonds is 5. The van der Waals surface area contributed by atoms with Gasteiger partial charge in [0.15, 0.2) is 0 Å². The second kappa shape index (κ2) is 6.72. The van der Waals surface area contributed by atoms with Crippen molar-refractivity contribution in [2.24, 2.45) is 0 Å². The Balaban J connectivity index is 2.67. The molecule has 0 radical (unpaired) electrons. The lowest BCUT2D eigenvalue weighted by atomic mass is 10.0. The molecule has 0 saturated heterocycles. The van der Waals surface area contributed by atoms with Gasteiger partial charge in [-0.1, -0.05) is 42.3 Å². The molecule has 2 heteroatoms. The van der Waals surface area contributed by atoms with Crippen molar-refractivity contribution in [2.75, 3.05) is 6.54 Å². The number of likely N-dealkylation sites (N-methyl/N-ethyl adjacent to an activating group) is 1. The molecule has 1 aromatic carbocycles. The van der Waals surface area contributed by atoms with E-state index >= 15 is 0 Å². The predicted octanol–water partition coefficient (Wildman–Crippen LogP) is 3.83. The Hall–Kier alpha value is -0.790. The van der Waals surface area contributed by atoms with E-state index in [2.05, 4.69) is 44.3 Å². The van der Waals surface area contributed by atoms with E-state index in [0.717, 1.165) is 18.0 Å². The fourth-order valence-corrected chi connectivity index (χ4v) is 1.85. The van der Waals surface area contributed by atoms with Crippen LogP contribution in [0, 0.1) is 0 Å². The highest BCUT2D eigenvalue weighted by Crippen LogP contribution is 2.12. The smallest absolute Gasteiger partial charge is 0.0406 e. The van der Waals surface area contributed by atoms with E-state index in [4.69, 9.17) is 11.6 Å². The largest absolute Gasteiger partial charge is 0.310 e. The van der Waals surface area contributed by atoms with Gasteiger partial charge in [0.2, 0.25) is 0 Å². The van der Waals surface area contributed by atoms with E-state index < -0.39 is 0 Å². The van der Waals surface area contributed by atoms with Crippen molar-refractivity contribution in [1.82, 2.24) is 5.32 Å². The summed E-state index contributed by atoms with van der Waals surface area (Å²) in [6.07, 6.45) is 3.29. The highest BCUT2D eigenvalue weighted by atomic mass is 35.5. The number of benzene rings is 1. The summed E-state index contributed by atoms with van der Waals surface area (Å²) >= 11 is 5.87. The highest BCUT2D eigenvalue weighted by molar-refractivity contribution is 6.30. The molecule has 88 valence electrons. The molecule has 0 amide bonds. The molecule has 0 aliphatic carbocycles. The topological polar surface area (TPSA) is 12.0 Å². The maximum atomic E-state index is 5.87. The first-order valence-electron chi connectivity index (χ1n) is 5.74. The fourth-order valence-electron chi connectivity index (χ4n) is 1.73. The molecule has 0 bridgehead atoms. The Morgan fingerprint density at radius 1 is 1.31 bits per heavy atom. The first-order chi connectivity index (χ1) is 7.61. The van der Waals surface area contributed by atoms with Crippen molar-refractivity contribution in [1.29, 1.82) is 0 Å². The summed E-state index contributed by atoms with van der Waals surface area (Å²) in [6, 6.07) is 8.48. The number of hydrogen-bond acceptors (Lipinski definition) is 1. The van der Waals surface area contributed by atoms with E-state index in [1.165, 1.54) is 11.1 Å². The molecule has 0 saturated carbocycles. The van der Waals surface area contributed by atoms with Crippen LogP contribution in [-0.2, 0) is 6.42 Å². The van der Waals surface area contributed by atoms with Crippen LogP contribution in [0.3, 0.4) is 0 Å². The minimum atomic E-state index is 0.413. The normalized spacial score (nSPS) is 12.2. The minimum absolute atomic E-state index is 0.413. The lowest BCUT2D eigenvalue weighted by Crippen LogP contribution is -2.29. The number of allylic oxidation sites excluding steroid dienone is 1. The van der Waals surface area contributed by atoms with Gasteiger partial charge in [-0.05, 0) is 44.5 Å². The van der Waals surface area contributed by atoms with Gasteiger partial charge in [-0.2, -0.15) is 0 Å². The average molecular weight is 238 g/mol. The average Bonchev–Trinajstić information content (AvgIpc) is 2.21. The second-order valence-electron chi connectivity index (χ2n) is 4.24. The van der Waals surface area contributed by atoms with Gasteiger partial charge in [-0.15, -0.1) is 0 Å². The number of halogens is 1. The molecule has 1 aromatic rings. The third-order valence-corrected chi connectivity index (χ3v) is 2.62. The summed E-state index contributed by atoms with van der Waals surface area (Å²) < 4.78 is 0. The highest BCUT2D eigenvalue weighted by Gasteiger charge is 2.04. The van der Waals surface area contributed by atoms with Crippen LogP contribution < -0.4 is 5.32 Å². The molecule has 1 nitrogen and oxygen atoms in total. The number of nitrogens with one attached hydrogen (secondary N) is 1. The van der Waals surface area contributed by atoms with Crippen LogP contribution in [-0.4, -0.2) is 12.6 Å². The zero-order chi connectivity index (χ0) is 12.0. The standard InChI is InChI=1S/C14H20ClN/c1-4-16-14(9-11(2)3)10-12-5-7-13(15)8-6-12/h5-9,14,16H,4,10H2,1-3H3. The van der Waals surface area contributed by atoms with Gasteiger partial charge in [0.25, 0.3) is 0 Å². The molecule has 16 heavy (non-hydrogen) atoms. The maximum absolute atomic E-state index is 5.87. The quantitative estimate of drug-likeness (QED) is 0.768. The van der Waals surface area contributed by atoms with Crippen LogP contribution in [0.1, 0.15) is 26.3 Å². The number of hydrogen-bond donors (Lipinski definition) is 1. The molecule has 0 spiro atoms. The van der Waals surface area contributed by atoms with E-state index in [0.29, 0.717) is 6.04 Å². The van der Waals surface area contributed by atoms with Crippen molar-refractivity contribution in [3.05, 3.63) is 46.5 Å². The first kappa shape index (κ1) is 13.3. The van der Waals surface area contributed by atoms with E-state index in [9.17, 15) is 0 Å². The summed E-state index contributed by atoms with van der Waals surface area (Å²) in [4.78, 5) is 0. The van der Waals surface area contributed by atoms with Crippen molar-refractivity contribution in [3.63, 3.8) is 0 Å². The fraction of sp³-hybridized carbons (Fsp3) is 0.429. The molecule has 0 heterocycles. The van der Waals surface area contributed by atoms with Crippen LogP contribution in [0.5, 0.6) is 0 Å². The zero-order valence-corrected chi connectivity index (χ0v) is 11.0. The predicted molar refractivity (Wildman–Crippen MR) is 72.1 cm³/mol. The van der Waals surface area contributed by atoms with Gasteiger partial charge < -0.3 is 5.32 Å². The van der Waals surface area contributed by atoms with Crippen LogP contribution in [0.4, 0.5) is 0 Å². The van der Waals surface area contributed by atoms with E-state index in [1.54, 1.807) is 0 Å². The monoisotopic (exact) mass is 237 g/mol. The molecular formula is C14H20ClN. The summed E-state index contributed by atoms with van der Waals surface area (Å²) in [5.41, 5.74) is 2.66. The van der Waals surface area contributed by atoms with Crippen molar-refractivity contribution in [2.45, 2.75) is 33.2 Å². The summed E-state index contributed by atoms with van der Waals surface area (Å²) in [6.45, 7) is 7.38. The minimum Gasteiger partial charge on any atom is -0.310 e. The lowest BCUT2D eigenvalue weighted by molar-refractivity contribution is 0.609. The molecular weight excluding hydrogens is 218 g/mol.